The lowest BCUT2D eigenvalue weighted by atomic mass is 10.1. The summed E-state index contributed by atoms with van der Waals surface area (Å²) in [4.78, 5) is 12.5. The molecule has 1 amide bonds. The van der Waals surface area contributed by atoms with Gasteiger partial charge in [-0.15, -0.1) is 0 Å². The molecule has 4 nitrogen and oxygen atoms in total. The molecule has 0 radical (unpaired) electrons. The van der Waals surface area contributed by atoms with Gasteiger partial charge in [0.15, 0.2) is 0 Å². The number of carbonyl (C=O) groups excluding carboxylic acids is 1. The summed E-state index contributed by atoms with van der Waals surface area (Å²) in [6.07, 6.45) is 2.49. The summed E-state index contributed by atoms with van der Waals surface area (Å²) in [6.45, 7) is 2.05. The Kier molecular flexibility index (Phi) is 3.18. The average Bonchev–Trinajstić information content (AvgIpc) is 3.35. The van der Waals surface area contributed by atoms with Gasteiger partial charge in [0.25, 0.3) is 5.91 Å². The van der Waals surface area contributed by atoms with Crippen LogP contribution in [-0.4, -0.2) is 22.7 Å². The minimum atomic E-state index is -0.110. The van der Waals surface area contributed by atoms with Crippen LogP contribution in [0.3, 0.4) is 0 Å². The summed E-state index contributed by atoms with van der Waals surface area (Å²) in [5.41, 5.74) is 4.86. The molecule has 4 heteroatoms. The first kappa shape index (κ1) is 14.0. The van der Waals surface area contributed by atoms with Crippen molar-refractivity contribution >= 4 is 16.8 Å². The van der Waals surface area contributed by atoms with Crippen LogP contribution in [-0.2, 0) is 0 Å². The second-order valence-electron chi connectivity index (χ2n) is 6.23. The molecule has 4 rings (SSSR count). The number of rotatable bonds is 3. The molecule has 1 saturated carbocycles. The summed E-state index contributed by atoms with van der Waals surface area (Å²) in [6, 6.07) is 14.4. The van der Waals surface area contributed by atoms with Crippen molar-refractivity contribution in [1.29, 1.82) is 0 Å². The Morgan fingerprint density at radius 2 is 1.91 bits per heavy atom. The highest BCUT2D eigenvalue weighted by Crippen LogP contribution is 2.41. The van der Waals surface area contributed by atoms with E-state index >= 15 is 0 Å². The maximum Gasteiger partial charge on any atom is 0.270 e. The zero-order valence-electron chi connectivity index (χ0n) is 13.3. The smallest absolute Gasteiger partial charge is 0.270 e. The fourth-order valence-electron chi connectivity index (χ4n) is 2.98. The van der Waals surface area contributed by atoms with Gasteiger partial charge in [0.1, 0.15) is 5.69 Å². The molecule has 3 aromatic rings. The Balaban J connectivity index is 1.95. The fraction of sp³-hybridized carbons (Fsp3) is 0.263. The molecule has 0 aliphatic heterocycles. The second kappa shape index (κ2) is 5.23. The molecule has 0 atom stereocenters. The number of aryl methyl sites for hydroxylation is 1. The number of carbonyl (C=O) groups is 1. The van der Waals surface area contributed by atoms with Crippen LogP contribution in [0.4, 0.5) is 0 Å². The standard InChI is InChI=1S/C19H19N3O/c1-12-3-8-15(9-4-12)22-18(19(23)20-2)16-11-14(13-5-6-13)7-10-17(16)21-22/h3-4,7-11,13H,5-6H2,1-2H3,(H,20,23). The third-order valence-electron chi connectivity index (χ3n) is 4.46. The van der Waals surface area contributed by atoms with Crippen LogP contribution in [0.5, 0.6) is 0 Å². The Labute approximate surface area is 135 Å². The summed E-state index contributed by atoms with van der Waals surface area (Å²) >= 11 is 0. The monoisotopic (exact) mass is 305 g/mol. The van der Waals surface area contributed by atoms with Crippen LogP contribution in [0.1, 0.15) is 40.4 Å². The molecule has 1 aliphatic rings. The SMILES string of the molecule is CNC(=O)c1c2cc(C3CC3)ccc2nn1-c1ccc(C)cc1. The van der Waals surface area contributed by atoms with E-state index < -0.39 is 0 Å². The van der Waals surface area contributed by atoms with Gasteiger partial charge in [-0.1, -0.05) is 23.8 Å². The fourth-order valence-corrected chi connectivity index (χ4v) is 2.98. The number of amides is 1. The zero-order chi connectivity index (χ0) is 16.0. The molecule has 0 unspecified atom stereocenters. The van der Waals surface area contributed by atoms with Crippen LogP contribution < -0.4 is 5.32 Å². The Hall–Kier alpha value is -2.62. The van der Waals surface area contributed by atoms with E-state index in [1.807, 2.05) is 37.3 Å². The quantitative estimate of drug-likeness (QED) is 0.804. The number of hydrogen-bond acceptors (Lipinski definition) is 2. The molecule has 1 aliphatic carbocycles. The first-order chi connectivity index (χ1) is 11.2. The molecule has 1 N–H and O–H groups in total. The normalized spacial score (nSPS) is 14.2. The van der Waals surface area contributed by atoms with Gasteiger partial charge >= 0.3 is 0 Å². The van der Waals surface area contributed by atoms with Crippen LogP contribution in [0, 0.1) is 6.92 Å². The predicted octanol–water partition coefficient (Wildman–Crippen LogP) is 3.57. The highest BCUT2D eigenvalue weighted by molar-refractivity contribution is 6.05. The van der Waals surface area contributed by atoms with Gasteiger partial charge in [-0.25, -0.2) is 4.68 Å². The Morgan fingerprint density at radius 3 is 2.57 bits per heavy atom. The van der Waals surface area contributed by atoms with Crippen LogP contribution in [0.15, 0.2) is 42.5 Å². The van der Waals surface area contributed by atoms with Crippen molar-refractivity contribution in [3.8, 4) is 5.69 Å². The lowest BCUT2D eigenvalue weighted by Gasteiger charge is -2.07. The molecule has 116 valence electrons. The lowest BCUT2D eigenvalue weighted by Crippen LogP contribution is -2.21. The maximum atomic E-state index is 12.5. The Morgan fingerprint density at radius 1 is 1.17 bits per heavy atom. The number of hydrogen-bond donors (Lipinski definition) is 1. The van der Waals surface area contributed by atoms with E-state index in [4.69, 9.17) is 0 Å². The molecule has 1 heterocycles. The van der Waals surface area contributed by atoms with E-state index in [1.54, 1.807) is 11.7 Å². The maximum absolute atomic E-state index is 12.5. The van der Waals surface area contributed by atoms with Crippen LogP contribution >= 0.6 is 0 Å². The van der Waals surface area contributed by atoms with Gasteiger partial charge in [-0.2, -0.15) is 5.10 Å². The number of aromatic nitrogens is 2. The molecule has 0 spiro atoms. The lowest BCUT2D eigenvalue weighted by molar-refractivity contribution is 0.0957. The zero-order valence-corrected chi connectivity index (χ0v) is 13.3. The van der Waals surface area contributed by atoms with Gasteiger partial charge in [-0.05, 0) is 55.5 Å². The van der Waals surface area contributed by atoms with Gasteiger partial charge in [0.05, 0.1) is 11.2 Å². The third-order valence-corrected chi connectivity index (χ3v) is 4.46. The van der Waals surface area contributed by atoms with Crippen molar-refractivity contribution in [3.63, 3.8) is 0 Å². The van der Waals surface area contributed by atoms with Crippen LogP contribution in [0.25, 0.3) is 16.6 Å². The van der Waals surface area contributed by atoms with Gasteiger partial charge < -0.3 is 5.32 Å². The first-order valence-corrected chi connectivity index (χ1v) is 7.99. The van der Waals surface area contributed by atoms with Gasteiger partial charge in [0, 0.05) is 12.4 Å². The van der Waals surface area contributed by atoms with Gasteiger partial charge in [0.2, 0.25) is 0 Å². The topological polar surface area (TPSA) is 46.9 Å². The van der Waals surface area contributed by atoms with Crippen molar-refractivity contribution < 1.29 is 4.79 Å². The Bertz CT molecular complexity index is 889. The molecule has 1 fully saturated rings. The van der Waals surface area contributed by atoms with Crippen molar-refractivity contribution in [2.45, 2.75) is 25.7 Å². The van der Waals surface area contributed by atoms with E-state index in [1.165, 1.54) is 24.0 Å². The minimum absolute atomic E-state index is 0.110. The highest BCUT2D eigenvalue weighted by Gasteiger charge is 2.25. The molecule has 0 bridgehead atoms. The van der Waals surface area contributed by atoms with E-state index in [2.05, 4.69) is 22.5 Å². The molecule has 2 aromatic carbocycles. The minimum Gasteiger partial charge on any atom is -0.354 e. The van der Waals surface area contributed by atoms with Crippen LogP contribution in [0.2, 0.25) is 0 Å². The number of benzene rings is 2. The summed E-state index contributed by atoms with van der Waals surface area (Å²) in [5.74, 6) is 0.542. The van der Waals surface area contributed by atoms with E-state index in [9.17, 15) is 4.79 Å². The second-order valence-corrected chi connectivity index (χ2v) is 6.23. The highest BCUT2D eigenvalue weighted by atomic mass is 16.1. The number of nitrogens with zero attached hydrogens (tertiary/aromatic N) is 2. The molecule has 1 aromatic heterocycles. The summed E-state index contributed by atoms with van der Waals surface area (Å²) in [5, 5.41) is 8.33. The average molecular weight is 305 g/mol. The summed E-state index contributed by atoms with van der Waals surface area (Å²) in [7, 11) is 1.66. The van der Waals surface area contributed by atoms with Crippen molar-refractivity contribution in [2.24, 2.45) is 0 Å². The molecular formula is C19H19N3O. The number of fused-ring (bicyclic) bond motifs is 1. The summed E-state index contributed by atoms with van der Waals surface area (Å²) < 4.78 is 1.75. The number of nitrogens with one attached hydrogen (secondary N) is 1. The van der Waals surface area contributed by atoms with E-state index in [0.29, 0.717) is 11.6 Å². The first-order valence-electron chi connectivity index (χ1n) is 7.99. The van der Waals surface area contributed by atoms with E-state index in [-0.39, 0.29) is 5.91 Å². The van der Waals surface area contributed by atoms with Crippen molar-refractivity contribution in [3.05, 3.63) is 59.3 Å². The molecular weight excluding hydrogens is 286 g/mol. The van der Waals surface area contributed by atoms with Gasteiger partial charge in [-0.3, -0.25) is 4.79 Å². The van der Waals surface area contributed by atoms with Crippen molar-refractivity contribution in [2.75, 3.05) is 7.05 Å². The predicted molar refractivity (Wildman–Crippen MR) is 91.2 cm³/mol. The van der Waals surface area contributed by atoms with Crippen molar-refractivity contribution in [1.82, 2.24) is 15.1 Å². The molecule has 0 saturated heterocycles. The molecule has 23 heavy (non-hydrogen) atoms. The largest absolute Gasteiger partial charge is 0.354 e. The van der Waals surface area contributed by atoms with E-state index in [0.717, 1.165) is 16.6 Å². The third kappa shape index (κ3) is 2.40.